The molecule has 1 aromatic heterocycles. The number of nitrogens with zero attached hydrogens (tertiary/aromatic N) is 2. The molecule has 0 aliphatic heterocycles. The number of ether oxygens (including phenoxy) is 2. The van der Waals surface area contributed by atoms with Crippen LogP contribution in [-0.2, 0) is 0 Å². The molecule has 0 radical (unpaired) electrons. The third-order valence-electron chi connectivity index (χ3n) is 4.18. The van der Waals surface area contributed by atoms with Crippen molar-refractivity contribution in [2.75, 3.05) is 30.8 Å². The van der Waals surface area contributed by atoms with E-state index in [0.717, 1.165) is 0 Å². The number of nitrogen functional groups attached to an aromatic ring is 1. The van der Waals surface area contributed by atoms with Gasteiger partial charge in [-0.3, -0.25) is 31.3 Å². The van der Waals surface area contributed by atoms with Crippen LogP contribution >= 0.6 is 0 Å². The molecule has 2 amide bonds. The van der Waals surface area contributed by atoms with Crippen molar-refractivity contribution in [3.63, 3.8) is 0 Å². The summed E-state index contributed by atoms with van der Waals surface area (Å²) >= 11 is 0. The van der Waals surface area contributed by atoms with Crippen LogP contribution in [0.1, 0.15) is 20.7 Å². The average molecular weight is 423 g/mol. The number of aromatic nitrogens is 2. The Hall–Kier alpha value is -4.54. The third-order valence-corrected chi connectivity index (χ3v) is 4.18. The lowest BCUT2D eigenvalue weighted by Crippen LogP contribution is -2.32. The molecule has 0 aliphatic rings. The molecule has 0 spiro atoms. The van der Waals surface area contributed by atoms with Gasteiger partial charge in [0.2, 0.25) is 0 Å². The Labute approximate surface area is 177 Å². The summed E-state index contributed by atoms with van der Waals surface area (Å²) in [4.78, 5) is 32.8. The van der Waals surface area contributed by atoms with Gasteiger partial charge in [-0.25, -0.2) is 9.97 Å². The first-order chi connectivity index (χ1) is 15.0. The predicted molar refractivity (Wildman–Crippen MR) is 115 cm³/mol. The molecular weight excluding hydrogens is 402 g/mol. The van der Waals surface area contributed by atoms with Gasteiger partial charge in [-0.1, -0.05) is 24.3 Å². The number of para-hydroxylation sites is 2. The molecule has 1 heterocycles. The molecule has 0 fully saturated rings. The van der Waals surface area contributed by atoms with Crippen LogP contribution in [0.2, 0.25) is 0 Å². The third kappa shape index (κ3) is 4.90. The second kappa shape index (κ2) is 9.78. The first kappa shape index (κ1) is 21.2. The van der Waals surface area contributed by atoms with Crippen LogP contribution in [-0.4, -0.2) is 36.0 Å². The molecular formula is C20H21N7O4. The molecule has 2 aromatic carbocycles. The van der Waals surface area contributed by atoms with Gasteiger partial charge in [-0.2, -0.15) is 0 Å². The molecule has 0 atom stereocenters. The number of rotatable bonds is 8. The van der Waals surface area contributed by atoms with E-state index in [1.165, 1.54) is 20.5 Å². The Morgan fingerprint density at radius 1 is 0.774 bits per heavy atom. The van der Waals surface area contributed by atoms with Gasteiger partial charge in [-0.05, 0) is 24.3 Å². The Bertz CT molecular complexity index is 1010. The zero-order chi connectivity index (χ0) is 22.2. The summed E-state index contributed by atoms with van der Waals surface area (Å²) in [6.07, 6.45) is 1.21. The zero-order valence-corrected chi connectivity index (χ0v) is 16.8. The van der Waals surface area contributed by atoms with Crippen LogP contribution in [0, 0.1) is 0 Å². The fourth-order valence-electron chi connectivity index (χ4n) is 2.63. The fourth-order valence-corrected chi connectivity index (χ4v) is 2.63. The van der Waals surface area contributed by atoms with Gasteiger partial charge in [-0.15, -0.1) is 0 Å². The number of amides is 2. The normalized spacial score (nSPS) is 10.0. The van der Waals surface area contributed by atoms with Crippen molar-refractivity contribution in [2.24, 2.45) is 0 Å². The van der Waals surface area contributed by atoms with Crippen LogP contribution < -0.4 is 36.9 Å². The predicted octanol–water partition coefficient (Wildman–Crippen LogP) is 1.59. The van der Waals surface area contributed by atoms with E-state index in [1.807, 2.05) is 0 Å². The van der Waals surface area contributed by atoms with Gasteiger partial charge in [0, 0.05) is 0 Å². The molecule has 3 rings (SSSR count). The number of methoxy groups -OCH3 is 2. The first-order valence-electron chi connectivity index (χ1n) is 9.04. The number of nitrogens with one attached hydrogen (secondary N) is 4. The van der Waals surface area contributed by atoms with Gasteiger partial charge < -0.3 is 15.2 Å². The van der Waals surface area contributed by atoms with E-state index in [4.69, 9.17) is 15.2 Å². The molecule has 0 unspecified atom stereocenters. The van der Waals surface area contributed by atoms with E-state index >= 15 is 0 Å². The van der Waals surface area contributed by atoms with Crippen LogP contribution in [0.15, 0.2) is 54.9 Å². The Kier molecular flexibility index (Phi) is 6.68. The summed E-state index contributed by atoms with van der Waals surface area (Å²) in [6.45, 7) is 0. The van der Waals surface area contributed by atoms with Crippen molar-refractivity contribution < 1.29 is 19.1 Å². The minimum Gasteiger partial charge on any atom is -0.496 e. The summed E-state index contributed by atoms with van der Waals surface area (Å²) in [5.41, 5.74) is 17.0. The largest absolute Gasteiger partial charge is 0.496 e. The number of hydrazine groups is 2. The van der Waals surface area contributed by atoms with Crippen molar-refractivity contribution >= 4 is 29.1 Å². The highest BCUT2D eigenvalue weighted by molar-refractivity contribution is 5.98. The maximum atomic E-state index is 12.4. The van der Waals surface area contributed by atoms with Crippen LogP contribution in [0.5, 0.6) is 11.5 Å². The number of anilines is 3. The van der Waals surface area contributed by atoms with Gasteiger partial charge in [0.25, 0.3) is 11.8 Å². The Balaban J connectivity index is 1.66. The lowest BCUT2D eigenvalue weighted by Gasteiger charge is -2.15. The highest BCUT2D eigenvalue weighted by atomic mass is 16.5. The van der Waals surface area contributed by atoms with E-state index < -0.39 is 11.8 Å². The molecule has 11 nitrogen and oxygen atoms in total. The van der Waals surface area contributed by atoms with E-state index in [0.29, 0.717) is 22.6 Å². The summed E-state index contributed by atoms with van der Waals surface area (Å²) in [5.74, 6) is 0.196. The minimum atomic E-state index is -0.450. The molecule has 0 saturated heterocycles. The summed E-state index contributed by atoms with van der Waals surface area (Å²) < 4.78 is 10.3. The van der Waals surface area contributed by atoms with Crippen molar-refractivity contribution in [1.82, 2.24) is 20.8 Å². The second-order valence-corrected chi connectivity index (χ2v) is 6.04. The van der Waals surface area contributed by atoms with Crippen LogP contribution in [0.3, 0.4) is 0 Å². The van der Waals surface area contributed by atoms with Crippen LogP contribution in [0.4, 0.5) is 17.3 Å². The minimum absolute atomic E-state index is 0.0724. The number of hydrogen-bond donors (Lipinski definition) is 5. The van der Waals surface area contributed by atoms with Crippen LogP contribution in [0.25, 0.3) is 0 Å². The lowest BCUT2D eigenvalue weighted by molar-refractivity contribution is 0.0951. The molecule has 11 heteroatoms. The van der Waals surface area contributed by atoms with E-state index in [-0.39, 0.29) is 17.3 Å². The lowest BCUT2D eigenvalue weighted by atomic mass is 10.2. The van der Waals surface area contributed by atoms with Crippen molar-refractivity contribution in [1.29, 1.82) is 0 Å². The number of hydrogen-bond acceptors (Lipinski definition) is 9. The van der Waals surface area contributed by atoms with Crippen molar-refractivity contribution in [3.05, 3.63) is 66.0 Å². The Morgan fingerprint density at radius 3 is 1.61 bits per heavy atom. The second-order valence-electron chi connectivity index (χ2n) is 6.04. The molecule has 0 aliphatic carbocycles. The highest BCUT2D eigenvalue weighted by Crippen LogP contribution is 2.22. The number of nitrogens with two attached hydrogens (primary N) is 1. The van der Waals surface area contributed by atoms with Gasteiger partial charge in [0.05, 0.1) is 25.3 Å². The van der Waals surface area contributed by atoms with E-state index in [1.54, 1.807) is 48.5 Å². The molecule has 31 heavy (non-hydrogen) atoms. The molecule has 160 valence electrons. The smallest absolute Gasteiger partial charge is 0.273 e. The van der Waals surface area contributed by atoms with Gasteiger partial charge >= 0.3 is 0 Å². The molecule has 6 N–H and O–H groups in total. The molecule has 0 saturated carbocycles. The SMILES string of the molecule is COc1ccccc1C(=O)NNc1ncnc(NNC(=O)c2ccccc2OC)c1N. The summed E-state index contributed by atoms with van der Waals surface area (Å²) in [5, 5.41) is 0. The van der Waals surface area contributed by atoms with E-state index in [2.05, 4.69) is 31.7 Å². The maximum Gasteiger partial charge on any atom is 0.273 e. The standard InChI is InChI=1S/C20H21N7O4/c1-30-14-9-5-3-7-12(14)19(28)26-24-17-16(21)18(23-11-22-17)25-27-20(29)13-8-4-6-10-15(13)31-2/h3-11H,21H2,1-2H3,(H,26,28)(H,27,29)(H2,22,23,24,25). The summed E-state index contributed by atoms with van der Waals surface area (Å²) in [7, 11) is 2.94. The highest BCUT2D eigenvalue weighted by Gasteiger charge is 2.15. The average Bonchev–Trinajstić information content (AvgIpc) is 2.82. The number of carbonyl (C=O) groups excluding carboxylic acids is 2. The number of benzene rings is 2. The van der Waals surface area contributed by atoms with Gasteiger partial charge in [0.15, 0.2) is 11.6 Å². The topological polar surface area (TPSA) is 153 Å². The molecule has 0 bridgehead atoms. The van der Waals surface area contributed by atoms with Crippen molar-refractivity contribution in [2.45, 2.75) is 0 Å². The summed E-state index contributed by atoms with van der Waals surface area (Å²) in [6, 6.07) is 13.5. The number of carbonyl (C=O) groups is 2. The quantitative estimate of drug-likeness (QED) is 0.340. The first-order valence-corrected chi connectivity index (χ1v) is 9.04. The molecule has 3 aromatic rings. The van der Waals surface area contributed by atoms with Crippen molar-refractivity contribution in [3.8, 4) is 11.5 Å². The van der Waals surface area contributed by atoms with Gasteiger partial charge in [0.1, 0.15) is 23.5 Å². The zero-order valence-electron chi connectivity index (χ0n) is 16.8. The fraction of sp³-hybridized carbons (Fsp3) is 0.100. The monoisotopic (exact) mass is 423 g/mol. The Morgan fingerprint density at radius 2 is 1.19 bits per heavy atom. The van der Waals surface area contributed by atoms with E-state index in [9.17, 15) is 9.59 Å². The maximum absolute atomic E-state index is 12.4.